The largest absolute Gasteiger partial charge is 0.328 e. The van der Waals surface area contributed by atoms with Gasteiger partial charge in [-0.1, -0.05) is 38.5 Å². The Kier molecular flexibility index (Phi) is 7.78. The van der Waals surface area contributed by atoms with Crippen LogP contribution in [0.1, 0.15) is 51.4 Å². The van der Waals surface area contributed by atoms with Crippen molar-refractivity contribution in [2.75, 3.05) is 0 Å². The second-order valence-electron chi connectivity index (χ2n) is 3.46. The molecule has 1 fully saturated rings. The molecule has 1 nitrogen and oxygen atoms in total. The summed E-state index contributed by atoms with van der Waals surface area (Å²) in [6, 6.07) is 0.512. The average molecular weight is 189 g/mol. The van der Waals surface area contributed by atoms with Crippen molar-refractivity contribution in [3.05, 3.63) is 0 Å². The Bertz CT molecular complexity index is 75.6. The molecule has 2 N–H and O–H groups in total. The van der Waals surface area contributed by atoms with E-state index >= 15 is 0 Å². The van der Waals surface area contributed by atoms with Crippen molar-refractivity contribution in [3.8, 4) is 0 Å². The summed E-state index contributed by atoms with van der Waals surface area (Å²) in [6.07, 6.45) is 10.9. The van der Waals surface area contributed by atoms with Crippen LogP contribution >= 0.6 is 0 Å². The van der Waals surface area contributed by atoms with Crippen molar-refractivity contribution in [2.24, 2.45) is 5.73 Å². The number of rotatable bonds is 0. The maximum absolute atomic E-state index is 5.87. The Hall–Kier alpha value is 0.674. The zero-order valence-electron chi connectivity index (χ0n) is 7.31. The van der Waals surface area contributed by atoms with Crippen LogP contribution in [0.5, 0.6) is 0 Å². The zero-order valence-corrected chi connectivity index (χ0v) is 8.87. The van der Waals surface area contributed by atoms with Gasteiger partial charge in [-0.2, -0.15) is 0 Å². The molecule has 0 heterocycles. The fraction of sp³-hybridized carbons (Fsp3) is 1.00. The SMILES string of the molecule is NC1CCCCCCCC1.[Ti]. The van der Waals surface area contributed by atoms with E-state index in [1.165, 1.54) is 51.4 Å². The molecule has 0 atom stereocenters. The first-order valence-electron chi connectivity index (χ1n) is 4.65. The van der Waals surface area contributed by atoms with Crippen LogP contribution in [-0.4, -0.2) is 6.04 Å². The van der Waals surface area contributed by atoms with Gasteiger partial charge >= 0.3 is 0 Å². The predicted octanol–water partition coefficient (Wildman–Crippen LogP) is 2.45. The fourth-order valence-electron chi connectivity index (χ4n) is 1.66. The molecule has 0 aromatic heterocycles. The van der Waals surface area contributed by atoms with Gasteiger partial charge in [0, 0.05) is 27.8 Å². The van der Waals surface area contributed by atoms with Crippen molar-refractivity contribution < 1.29 is 21.7 Å². The Morgan fingerprint density at radius 2 is 1.09 bits per heavy atom. The summed E-state index contributed by atoms with van der Waals surface area (Å²) in [5, 5.41) is 0. The molecular formula is C9H19NTi. The topological polar surface area (TPSA) is 26.0 Å². The van der Waals surface area contributed by atoms with Crippen LogP contribution in [0, 0.1) is 0 Å². The molecule has 2 heteroatoms. The minimum atomic E-state index is 0. The van der Waals surface area contributed by atoms with E-state index in [1.54, 1.807) is 0 Å². The zero-order chi connectivity index (χ0) is 7.23. The van der Waals surface area contributed by atoms with E-state index < -0.39 is 0 Å². The van der Waals surface area contributed by atoms with Crippen LogP contribution in [0.25, 0.3) is 0 Å². The predicted molar refractivity (Wildman–Crippen MR) is 44.9 cm³/mol. The van der Waals surface area contributed by atoms with Gasteiger partial charge in [-0.15, -0.1) is 0 Å². The number of hydrogen-bond donors (Lipinski definition) is 1. The minimum absolute atomic E-state index is 0. The molecule has 11 heavy (non-hydrogen) atoms. The first-order valence-corrected chi connectivity index (χ1v) is 4.65. The molecule has 0 unspecified atom stereocenters. The summed E-state index contributed by atoms with van der Waals surface area (Å²) >= 11 is 0. The van der Waals surface area contributed by atoms with Crippen molar-refractivity contribution >= 4 is 0 Å². The molecule has 0 spiro atoms. The molecule has 0 radical (unpaired) electrons. The van der Waals surface area contributed by atoms with Gasteiger partial charge in [0.25, 0.3) is 0 Å². The normalized spacial score (nSPS) is 22.6. The first-order chi connectivity index (χ1) is 4.89. The second kappa shape index (κ2) is 7.33. The van der Waals surface area contributed by atoms with Crippen molar-refractivity contribution in [3.63, 3.8) is 0 Å². The smallest absolute Gasteiger partial charge is 0.00388 e. The molecule has 0 aliphatic heterocycles. The Morgan fingerprint density at radius 1 is 0.727 bits per heavy atom. The third-order valence-corrected chi connectivity index (χ3v) is 2.40. The van der Waals surface area contributed by atoms with Gasteiger partial charge < -0.3 is 5.73 Å². The average Bonchev–Trinajstić information content (AvgIpc) is 2.02. The van der Waals surface area contributed by atoms with E-state index in [2.05, 4.69) is 0 Å². The molecule has 0 bridgehead atoms. The van der Waals surface area contributed by atoms with Crippen molar-refractivity contribution in [1.29, 1.82) is 0 Å². The van der Waals surface area contributed by atoms with Crippen LogP contribution < -0.4 is 5.73 Å². The monoisotopic (exact) mass is 189 g/mol. The Morgan fingerprint density at radius 3 is 1.55 bits per heavy atom. The molecule has 0 aromatic rings. The Balaban J connectivity index is 0.000001000. The van der Waals surface area contributed by atoms with Crippen molar-refractivity contribution in [1.82, 2.24) is 0 Å². The summed E-state index contributed by atoms with van der Waals surface area (Å²) in [5.74, 6) is 0. The maximum Gasteiger partial charge on any atom is 0.00388 e. The van der Waals surface area contributed by atoms with Crippen LogP contribution in [0.2, 0.25) is 0 Å². The molecule has 0 amide bonds. The van der Waals surface area contributed by atoms with Gasteiger partial charge in [-0.05, 0) is 12.8 Å². The second-order valence-corrected chi connectivity index (χ2v) is 3.46. The van der Waals surface area contributed by atoms with Crippen LogP contribution in [0.15, 0.2) is 0 Å². The van der Waals surface area contributed by atoms with Gasteiger partial charge in [0.1, 0.15) is 0 Å². The third kappa shape index (κ3) is 5.89. The summed E-state index contributed by atoms with van der Waals surface area (Å²) in [5.41, 5.74) is 5.87. The summed E-state index contributed by atoms with van der Waals surface area (Å²) in [7, 11) is 0. The third-order valence-electron chi connectivity index (χ3n) is 2.40. The van der Waals surface area contributed by atoms with Gasteiger partial charge in [0.15, 0.2) is 0 Å². The van der Waals surface area contributed by atoms with Crippen LogP contribution in [-0.2, 0) is 21.7 Å². The van der Waals surface area contributed by atoms with Gasteiger partial charge in [0.2, 0.25) is 0 Å². The maximum atomic E-state index is 5.87. The molecule has 64 valence electrons. The minimum Gasteiger partial charge on any atom is -0.328 e. The molecule has 0 saturated heterocycles. The van der Waals surface area contributed by atoms with Gasteiger partial charge in [0.05, 0.1) is 0 Å². The van der Waals surface area contributed by atoms with E-state index in [-0.39, 0.29) is 21.7 Å². The van der Waals surface area contributed by atoms with Crippen LogP contribution in [0.3, 0.4) is 0 Å². The van der Waals surface area contributed by atoms with Gasteiger partial charge in [-0.3, -0.25) is 0 Å². The fourth-order valence-corrected chi connectivity index (χ4v) is 1.66. The van der Waals surface area contributed by atoms with E-state index in [0.717, 1.165) is 0 Å². The summed E-state index contributed by atoms with van der Waals surface area (Å²) in [4.78, 5) is 0. The number of hydrogen-bond acceptors (Lipinski definition) is 1. The van der Waals surface area contributed by atoms with E-state index in [4.69, 9.17) is 5.73 Å². The number of nitrogens with two attached hydrogens (primary N) is 1. The molecule has 1 rings (SSSR count). The van der Waals surface area contributed by atoms with E-state index in [9.17, 15) is 0 Å². The Labute approximate surface area is 85.0 Å². The first kappa shape index (κ1) is 11.7. The molecule has 0 aromatic carbocycles. The molecule has 1 saturated carbocycles. The molecule has 1 aliphatic rings. The van der Waals surface area contributed by atoms with E-state index in [1.807, 2.05) is 0 Å². The molecule has 1 aliphatic carbocycles. The van der Waals surface area contributed by atoms with E-state index in [0.29, 0.717) is 6.04 Å². The van der Waals surface area contributed by atoms with Crippen molar-refractivity contribution in [2.45, 2.75) is 57.4 Å². The quantitative estimate of drug-likeness (QED) is 0.582. The standard InChI is InChI=1S/C9H19N.Ti/c10-9-7-5-3-1-2-4-6-8-9;/h9H,1-8,10H2;. The van der Waals surface area contributed by atoms with Gasteiger partial charge in [-0.25, -0.2) is 0 Å². The summed E-state index contributed by atoms with van der Waals surface area (Å²) in [6.45, 7) is 0. The molecular weight excluding hydrogens is 170 g/mol. The summed E-state index contributed by atoms with van der Waals surface area (Å²) < 4.78 is 0. The van der Waals surface area contributed by atoms with Crippen LogP contribution in [0.4, 0.5) is 0 Å².